The summed E-state index contributed by atoms with van der Waals surface area (Å²) in [7, 11) is 0. The third-order valence-electron chi connectivity index (χ3n) is 6.08. The molecular weight excluding hydrogens is 450 g/mol. The first-order chi connectivity index (χ1) is 16.4. The Kier molecular flexibility index (Phi) is 7.20. The van der Waals surface area contributed by atoms with Gasteiger partial charge in [0.2, 0.25) is 5.91 Å². The maximum atomic E-state index is 13.0. The fourth-order valence-electron chi connectivity index (χ4n) is 4.20. The summed E-state index contributed by atoms with van der Waals surface area (Å²) in [6.45, 7) is 9.18. The molecule has 1 fully saturated rings. The van der Waals surface area contributed by atoms with Gasteiger partial charge in [-0.05, 0) is 44.4 Å². The predicted octanol–water partition coefficient (Wildman–Crippen LogP) is 3.78. The summed E-state index contributed by atoms with van der Waals surface area (Å²) in [6.07, 6.45) is 3.66. The van der Waals surface area contributed by atoms with Gasteiger partial charge >= 0.3 is 0 Å². The molecule has 8 nitrogen and oxygen atoms in total. The van der Waals surface area contributed by atoms with Gasteiger partial charge in [-0.2, -0.15) is 5.26 Å². The van der Waals surface area contributed by atoms with Crippen molar-refractivity contribution >= 4 is 34.4 Å². The van der Waals surface area contributed by atoms with Crippen molar-refractivity contribution in [3.05, 3.63) is 64.1 Å². The monoisotopic (exact) mass is 477 g/mol. The molecule has 4 rings (SSSR count). The van der Waals surface area contributed by atoms with Gasteiger partial charge in [0, 0.05) is 18.8 Å². The standard InChI is InChI=1S/C25H27N5O3S/c1-4-11-29-24(32)19-9-5-6-10-21(19)27-25(29)34-15-22(31)28-23-20(13-26)16(2)17(3)30(23)14-18-8-7-12-33-18/h4-6,9-10,18H,1,7-8,11-12,14-15H2,2-3H3,(H,28,31). The molecule has 1 aliphatic rings. The van der Waals surface area contributed by atoms with Gasteiger partial charge in [0.25, 0.3) is 5.56 Å². The normalized spacial score (nSPS) is 15.4. The molecule has 0 aliphatic carbocycles. The van der Waals surface area contributed by atoms with Crippen LogP contribution in [-0.4, -0.2) is 38.5 Å². The number of carbonyl (C=O) groups is 1. The minimum absolute atomic E-state index is 0.0377. The molecule has 1 amide bonds. The fraction of sp³-hybridized carbons (Fsp3) is 0.360. The highest BCUT2D eigenvalue weighted by Gasteiger charge is 2.24. The van der Waals surface area contributed by atoms with Crippen LogP contribution in [0.1, 0.15) is 29.7 Å². The molecule has 1 N–H and O–H groups in total. The SMILES string of the molecule is C=CCn1c(SCC(=O)Nc2c(C#N)c(C)c(C)n2CC2CCCO2)nc2ccccc2c1=O. The van der Waals surface area contributed by atoms with Crippen LogP contribution < -0.4 is 10.9 Å². The highest BCUT2D eigenvalue weighted by molar-refractivity contribution is 7.99. The van der Waals surface area contributed by atoms with Crippen LogP contribution in [0.25, 0.3) is 10.9 Å². The molecule has 2 aromatic heterocycles. The molecule has 34 heavy (non-hydrogen) atoms. The Morgan fingerprint density at radius 1 is 1.38 bits per heavy atom. The molecule has 9 heteroatoms. The number of nitrogens with one attached hydrogen (secondary N) is 1. The van der Waals surface area contributed by atoms with Crippen molar-refractivity contribution in [2.24, 2.45) is 0 Å². The van der Waals surface area contributed by atoms with Crippen molar-refractivity contribution < 1.29 is 9.53 Å². The van der Waals surface area contributed by atoms with Crippen molar-refractivity contribution in [2.75, 3.05) is 17.7 Å². The number of ether oxygens (including phenoxy) is 1. The van der Waals surface area contributed by atoms with Crippen LogP contribution in [0.4, 0.5) is 5.82 Å². The molecule has 0 bridgehead atoms. The lowest BCUT2D eigenvalue weighted by Gasteiger charge is -2.17. The number of benzene rings is 1. The van der Waals surface area contributed by atoms with E-state index in [4.69, 9.17) is 4.74 Å². The van der Waals surface area contributed by atoms with Gasteiger partial charge in [-0.1, -0.05) is 30.0 Å². The number of aromatic nitrogens is 3. The van der Waals surface area contributed by atoms with E-state index in [-0.39, 0.29) is 23.3 Å². The summed E-state index contributed by atoms with van der Waals surface area (Å²) in [5.74, 6) is 0.254. The molecule has 0 saturated carbocycles. The second kappa shape index (κ2) is 10.3. The van der Waals surface area contributed by atoms with Crippen molar-refractivity contribution in [1.29, 1.82) is 5.26 Å². The first kappa shape index (κ1) is 23.8. The summed E-state index contributed by atoms with van der Waals surface area (Å²) in [4.78, 5) is 30.5. The van der Waals surface area contributed by atoms with E-state index in [0.717, 1.165) is 30.7 Å². The zero-order valence-electron chi connectivity index (χ0n) is 19.3. The van der Waals surface area contributed by atoms with Gasteiger partial charge in [-0.15, -0.1) is 6.58 Å². The maximum absolute atomic E-state index is 13.0. The van der Waals surface area contributed by atoms with Crippen LogP contribution in [0.5, 0.6) is 0 Å². The van der Waals surface area contributed by atoms with Crippen LogP contribution in [0.3, 0.4) is 0 Å². The van der Waals surface area contributed by atoms with Crippen LogP contribution >= 0.6 is 11.8 Å². The molecule has 3 heterocycles. The minimum Gasteiger partial charge on any atom is -0.376 e. The Hall–Kier alpha value is -3.35. The quantitative estimate of drug-likeness (QED) is 0.301. The van der Waals surface area contributed by atoms with Crippen molar-refractivity contribution in [3.8, 4) is 6.07 Å². The van der Waals surface area contributed by atoms with Crippen molar-refractivity contribution in [3.63, 3.8) is 0 Å². The van der Waals surface area contributed by atoms with Crippen molar-refractivity contribution in [1.82, 2.24) is 14.1 Å². The van der Waals surface area contributed by atoms with E-state index in [0.29, 0.717) is 40.5 Å². The number of carbonyl (C=O) groups excluding carboxylic acids is 1. The third-order valence-corrected chi connectivity index (χ3v) is 7.06. The van der Waals surface area contributed by atoms with Gasteiger partial charge in [0.1, 0.15) is 11.9 Å². The van der Waals surface area contributed by atoms with Gasteiger partial charge in [-0.3, -0.25) is 14.2 Å². The molecule has 1 aliphatic heterocycles. The summed E-state index contributed by atoms with van der Waals surface area (Å²) in [6, 6.07) is 9.37. The fourth-order valence-corrected chi connectivity index (χ4v) is 5.01. The number of rotatable bonds is 8. The van der Waals surface area contributed by atoms with Crippen molar-refractivity contribution in [2.45, 2.75) is 51.0 Å². The first-order valence-electron chi connectivity index (χ1n) is 11.2. The smallest absolute Gasteiger partial charge is 0.262 e. The second-order valence-electron chi connectivity index (χ2n) is 8.24. The zero-order chi connectivity index (χ0) is 24.2. The van der Waals surface area contributed by atoms with Crippen LogP contribution in [0.2, 0.25) is 0 Å². The number of hydrogen-bond donors (Lipinski definition) is 1. The summed E-state index contributed by atoms with van der Waals surface area (Å²) in [5, 5.41) is 13.6. The largest absolute Gasteiger partial charge is 0.376 e. The number of hydrogen-bond acceptors (Lipinski definition) is 6. The molecule has 3 aromatic rings. The summed E-state index contributed by atoms with van der Waals surface area (Å²) < 4.78 is 9.26. The number of amides is 1. The second-order valence-corrected chi connectivity index (χ2v) is 9.19. The number of fused-ring (bicyclic) bond motifs is 1. The number of nitriles is 1. The Morgan fingerprint density at radius 2 is 2.18 bits per heavy atom. The number of nitrogens with zero attached hydrogens (tertiary/aromatic N) is 4. The molecule has 176 valence electrons. The van der Waals surface area contributed by atoms with Gasteiger partial charge in [0.15, 0.2) is 5.16 Å². The molecule has 1 unspecified atom stereocenters. The van der Waals surface area contributed by atoms with Crippen LogP contribution in [0, 0.1) is 25.2 Å². The number of para-hydroxylation sites is 1. The van der Waals surface area contributed by atoms with Gasteiger partial charge in [-0.25, -0.2) is 4.98 Å². The topological polar surface area (TPSA) is 102 Å². The van der Waals surface area contributed by atoms with E-state index in [1.165, 1.54) is 16.3 Å². The summed E-state index contributed by atoms with van der Waals surface area (Å²) >= 11 is 1.18. The number of anilines is 1. The predicted molar refractivity (Wildman–Crippen MR) is 133 cm³/mol. The molecular formula is C25H27N5O3S. The van der Waals surface area contributed by atoms with Gasteiger partial charge < -0.3 is 14.6 Å². The third kappa shape index (κ3) is 4.65. The minimum atomic E-state index is -0.278. The van der Waals surface area contributed by atoms with E-state index in [9.17, 15) is 14.9 Å². The van der Waals surface area contributed by atoms with Crippen LogP contribution in [0.15, 0.2) is 46.9 Å². The average Bonchev–Trinajstić information content (AvgIpc) is 3.42. The lowest BCUT2D eigenvalue weighted by atomic mass is 10.2. The number of allylic oxidation sites excluding steroid dienone is 1. The van der Waals surface area contributed by atoms with E-state index >= 15 is 0 Å². The van der Waals surface area contributed by atoms with E-state index in [1.54, 1.807) is 24.3 Å². The average molecular weight is 478 g/mol. The zero-order valence-corrected chi connectivity index (χ0v) is 20.2. The lowest BCUT2D eigenvalue weighted by molar-refractivity contribution is -0.113. The number of thioether (sulfide) groups is 1. The summed E-state index contributed by atoms with van der Waals surface area (Å²) in [5.41, 5.74) is 2.66. The first-order valence-corrected chi connectivity index (χ1v) is 12.2. The highest BCUT2D eigenvalue weighted by atomic mass is 32.2. The van der Waals surface area contributed by atoms with E-state index in [1.807, 2.05) is 24.5 Å². The van der Waals surface area contributed by atoms with Gasteiger partial charge in [0.05, 0.1) is 34.9 Å². The Morgan fingerprint density at radius 3 is 2.88 bits per heavy atom. The highest BCUT2D eigenvalue weighted by Crippen LogP contribution is 2.29. The molecule has 1 atom stereocenters. The molecule has 0 radical (unpaired) electrons. The molecule has 1 aromatic carbocycles. The van der Waals surface area contributed by atoms with E-state index < -0.39 is 0 Å². The van der Waals surface area contributed by atoms with Crippen LogP contribution in [-0.2, 0) is 22.6 Å². The molecule has 0 spiro atoms. The Bertz CT molecular complexity index is 1350. The lowest BCUT2D eigenvalue weighted by Crippen LogP contribution is -2.24. The maximum Gasteiger partial charge on any atom is 0.262 e. The Labute approximate surface area is 202 Å². The van der Waals surface area contributed by atoms with E-state index in [2.05, 4.69) is 22.9 Å². The Balaban J connectivity index is 1.57. The molecule has 1 saturated heterocycles.